The number of nitrogens with one attached hydrogen (secondary N) is 1. The van der Waals surface area contributed by atoms with E-state index in [1.54, 1.807) is 9.75 Å². The second-order valence-electron chi connectivity index (χ2n) is 4.33. The molecule has 0 radical (unpaired) electrons. The smallest absolute Gasteiger partial charge is 0.0228 e. The molecule has 1 nitrogen and oxygen atoms in total. The van der Waals surface area contributed by atoms with E-state index in [1.807, 2.05) is 11.3 Å². The molecule has 0 unspecified atom stereocenters. The van der Waals surface area contributed by atoms with Crippen molar-refractivity contribution in [2.75, 3.05) is 7.05 Å². The Balaban J connectivity index is 1.96. The Labute approximate surface area is 90.5 Å². The minimum atomic E-state index is 0.467. The molecule has 1 saturated carbocycles. The Morgan fingerprint density at radius 3 is 2.64 bits per heavy atom. The fraction of sp³-hybridized carbons (Fsp3) is 0.667. The molecule has 2 heteroatoms. The van der Waals surface area contributed by atoms with Crippen molar-refractivity contribution in [1.29, 1.82) is 0 Å². The van der Waals surface area contributed by atoms with Crippen LogP contribution in [0.5, 0.6) is 0 Å². The van der Waals surface area contributed by atoms with Crippen molar-refractivity contribution < 1.29 is 0 Å². The summed E-state index contributed by atoms with van der Waals surface area (Å²) in [5.41, 5.74) is 0.467. The van der Waals surface area contributed by atoms with Crippen LogP contribution in [0.15, 0.2) is 12.1 Å². The van der Waals surface area contributed by atoms with Crippen LogP contribution in [0.25, 0.3) is 0 Å². The SMILES string of the molecule is CCCc1ccc(CC2(NC)CC2)s1. The fourth-order valence-corrected chi connectivity index (χ4v) is 3.16. The Kier molecular flexibility index (Phi) is 2.93. The van der Waals surface area contributed by atoms with Gasteiger partial charge in [-0.1, -0.05) is 13.3 Å². The summed E-state index contributed by atoms with van der Waals surface area (Å²) in [6.07, 6.45) is 6.45. The molecule has 0 amide bonds. The lowest BCUT2D eigenvalue weighted by Gasteiger charge is -2.11. The van der Waals surface area contributed by atoms with Gasteiger partial charge in [0.05, 0.1) is 0 Å². The third kappa shape index (κ3) is 2.18. The summed E-state index contributed by atoms with van der Waals surface area (Å²) >= 11 is 2.00. The third-order valence-corrected chi connectivity index (χ3v) is 4.26. The van der Waals surface area contributed by atoms with E-state index < -0.39 is 0 Å². The van der Waals surface area contributed by atoms with Gasteiger partial charge in [-0.15, -0.1) is 11.3 Å². The number of thiophene rings is 1. The number of rotatable bonds is 5. The van der Waals surface area contributed by atoms with Gasteiger partial charge in [0.15, 0.2) is 0 Å². The molecule has 1 aromatic heterocycles. The van der Waals surface area contributed by atoms with Crippen molar-refractivity contribution in [3.8, 4) is 0 Å². The van der Waals surface area contributed by atoms with E-state index >= 15 is 0 Å². The summed E-state index contributed by atoms with van der Waals surface area (Å²) in [6, 6.07) is 4.61. The Hall–Kier alpha value is -0.340. The van der Waals surface area contributed by atoms with E-state index in [-0.39, 0.29) is 0 Å². The maximum atomic E-state index is 3.45. The van der Waals surface area contributed by atoms with Crippen molar-refractivity contribution in [3.63, 3.8) is 0 Å². The number of likely N-dealkylation sites (N-methyl/N-ethyl adjacent to an activating group) is 1. The fourth-order valence-electron chi connectivity index (χ4n) is 1.90. The second-order valence-corrected chi connectivity index (χ2v) is 5.58. The molecule has 0 spiro atoms. The molecule has 1 heterocycles. The van der Waals surface area contributed by atoms with Crippen LogP contribution in [0.2, 0.25) is 0 Å². The quantitative estimate of drug-likeness (QED) is 0.786. The van der Waals surface area contributed by atoms with Crippen molar-refractivity contribution in [1.82, 2.24) is 5.32 Å². The number of hydrogen-bond donors (Lipinski definition) is 1. The van der Waals surface area contributed by atoms with Gasteiger partial charge >= 0.3 is 0 Å². The first-order valence-corrected chi connectivity index (χ1v) is 6.36. The molecule has 2 rings (SSSR count). The monoisotopic (exact) mass is 209 g/mol. The van der Waals surface area contributed by atoms with Gasteiger partial charge < -0.3 is 5.32 Å². The minimum Gasteiger partial charge on any atom is -0.314 e. The van der Waals surface area contributed by atoms with Gasteiger partial charge in [0, 0.05) is 15.3 Å². The molecule has 0 aromatic carbocycles. The minimum absolute atomic E-state index is 0.467. The average molecular weight is 209 g/mol. The van der Waals surface area contributed by atoms with E-state index in [4.69, 9.17) is 0 Å². The van der Waals surface area contributed by atoms with Gasteiger partial charge in [-0.3, -0.25) is 0 Å². The molecule has 0 bridgehead atoms. The van der Waals surface area contributed by atoms with Crippen LogP contribution < -0.4 is 5.32 Å². The van der Waals surface area contributed by atoms with Crippen LogP contribution in [0, 0.1) is 0 Å². The zero-order valence-electron chi connectivity index (χ0n) is 9.10. The highest BCUT2D eigenvalue weighted by atomic mass is 32.1. The van der Waals surface area contributed by atoms with Crippen molar-refractivity contribution in [2.24, 2.45) is 0 Å². The third-order valence-electron chi connectivity index (χ3n) is 3.11. The van der Waals surface area contributed by atoms with Gasteiger partial charge in [-0.2, -0.15) is 0 Å². The van der Waals surface area contributed by atoms with Crippen LogP contribution >= 0.6 is 11.3 Å². The van der Waals surface area contributed by atoms with Gasteiger partial charge in [-0.05, 0) is 44.9 Å². The predicted octanol–water partition coefficient (Wildman–Crippen LogP) is 3.00. The van der Waals surface area contributed by atoms with Crippen LogP contribution in [0.3, 0.4) is 0 Å². The molecular weight excluding hydrogens is 190 g/mol. The van der Waals surface area contributed by atoms with Crippen molar-refractivity contribution in [2.45, 2.75) is 44.6 Å². The molecule has 0 aliphatic heterocycles. The normalized spacial score (nSPS) is 18.4. The topological polar surface area (TPSA) is 12.0 Å². The highest BCUT2D eigenvalue weighted by Crippen LogP contribution is 2.39. The van der Waals surface area contributed by atoms with Crippen LogP contribution in [-0.2, 0) is 12.8 Å². The van der Waals surface area contributed by atoms with Gasteiger partial charge in [0.25, 0.3) is 0 Å². The van der Waals surface area contributed by atoms with Gasteiger partial charge in [-0.25, -0.2) is 0 Å². The number of hydrogen-bond acceptors (Lipinski definition) is 2. The Morgan fingerprint density at radius 2 is 2.07 bits per heavy atom. The maximum Gasteiger partial charge on any atom is 0.0228 e. The molecule has 0 atom stereocenters. The van der Waals surface area contributed by atoms with Crippen molar-refractivity contribution >= 4 is 11.3 Å². The standard InChI is InChI=1S/C12H19NS/c1-3-4-10-5-6-11(14-10)9-12(13-2)7-8-12/h5-6,13H,3-4,7-9H2,1-2H3. The molecule has 1 N–H and O–H groups in total. The van der Waals surface area contributed by atoms with Crippen LogP contribution in [0.4, 0.5) is 0 Å². The Morgan fingerprint density at radius 1 is 1.36 bits per heavy atom. The first-order chi connectivity index (χ1) is 6.78. The average Bonchev–Trinajstić information content (AvgIpc) is 2.82. The molecule has 1 aliphatic carbocycles. The zero-order valence-corrected chi connectivity index (χ0v) is 9.91. The van der Waals surface area contributed by atoms with Crippen molar-refractivity contribution in [3.05, 3.63) is 21.9 Å². The highest BCUT2D eigenvalue weighted by molar-refractivity contribution is 7.12. The van der Waals surface area contributed by atoms with E-state index in [9.17, 15) is 0 Å². The first-order valence-electron chi connectivity index (χ1n) is 5.54. The predicted molar refractivity (Wildman–Crippen MR) is 63.0 cm³/mol. The van der Waals surface area contributed by atoms with Gasteiger partial charge in [0.1, 0.15) is 0 Å². The molecule has 1 aromatic rings. The Bertz CT molecular complexity index is 299. The van der Waals surface area contributed by atoms with E-state index in [1.165, 1.54) is 32.1 Å². The molecule has 78 valence electrons. The molecule has 1 fully saturated rings. The summed E-state index contributed by atoms with van der Waals surface area (Å²) in [7, 11) is 2.09. The molecule has 14 heavy (non-hydrogen) atoms. The largest absolute Gasteiger partial charge is 0.314 e. The highest BCUT2D eigenvalue weighted by Gasteiger charge is 2.40. The van der Waals surface area contributed by atoms with Crippen LogP contribution in [-0.4, -0.2) is 12.6 Å². The van der Waals surface area contributed by atoms with Crippen LogP contribution in [0.1, 0.15) is 35.9 Å². The molecule has 0 saturated heterocycles. The summed E-state index contributed by atoms with van der Waals surface area (Å²) in [5, 5.41) is 3.45. The maximum absolute atomic E-state index is 3.45. The summed E-state index contributed by atoms with van der Waals surface area (Å²) in [4.78, 5) is 3.11. The van der Waals surface area contributed by atoms with E-state index in [2.05, 4.69) is 31.4 Å². The summed E-state index contributed by atoms with van der Waals surface area (Å²) in [5.74, 6) is 0. The first kappa shape index (κ1) is 10.2. The lowest BCUT2D eigenvalue weighted by molar-refractivity contribution is 0.553. The van der Waals surface area contributed by atoms with Gasteiger partial charge in [0.2, 0.25) is 0 Å². The number of aryl methyl sites for hydroxylation is 1. The van der Waals surface area contributed by atoms with E-state index in [0.717, 1.165) is 0 Å². The zero-order chi connectivity index (χ0) is 10.0. The lowest BCUT2D eigenvalue weighted by Crippen LogP contribution is -2.29. The lowest BCUT2D eigenvalue weighted by atomic mass is 10.1. The van der Waals surface area contributed by atoms with E-state index in [0.29, 0.717) is 5.54 Å². The molecule has 1 aliphatic rings. The second kappa shape index (κ2) is 4.03. The summed E-state index contributed by atoms with van der Waals surface area (Å²) < 4.78 is 0. The molecular formula is C12H19NS. The summed E-state index contributed by atoms with van der Waals surface area (Å²) in [6.45, 7) is 2.25.